The molecule has 0 spiro atoms. The molecule has 1 aliphatic carbocycles. The molecule has 148 valence electrons. The monoisotopic (exact) mass is 399 g/mol. The van der Waals surface area contributed by atoms with E-state index in [2.05, 4.69) is 16.7 Å². The Hall–Kier alpha value is -2.72. The Morgan fingerprint density at radius 1 is 1.21 bits per heavy atom. The highest BCUT2D eigenvalue weighted by atomic mass is 32.1. The van der Waals surface area contributed by atoms with Gasteiger partial charge in [-0.3, -0.25) is 4.79 Å². The molecule has 1 aromatic carbocycles. The lowest BCUT2D eigenvalue weighted by molar-refractivity contribution is -0.116. The largest absolute Gasteiger partial charge is 0.497 e. The zero-order chi connectivity index (χ0) is 20.1. The number of hydrogen-bond donors (Lipinski definition) is 2. The average Bonchev–Trinajstić information content (AvgIpc) is 2.86. The molecule has 0 aliphatic heterocycles. The van der Waals surface area contributed by atoms with E-state index in [1.807, 2.05) is 6.07 Å². The molecule has 7 heteroatoms. The minimum atomic E-state index is -0.504. The van der Waals surface area contributed by atoms with E-state index in [1.54, 1.807) is 44.6 Å². The molecule has 1 heterocycles. The quantitative estimate of drug-likeness (QED) is 0.706. The van der Waals surface area contributed by atoms with Crippen LogP contribution in [0.5, 0.6) is 11.5 Å². The van der Waals surface area contributed by atoms with Crippen LogP contribution < -0.4 is 20.1 Å². The van der Waals surface area contributed by atoms with Crippen LogP contribution in [0.4, 0.5) is 10.7 Å². The number of amides is 1. The molecule has 0 saturated heterocycles. The number of nitrogens with one attached hydrogen (secondary N) is 2. The Morgan fingerprint density at radius 2 is 2.00 bits per heavy atom. The van der Waals surface area contributed by atoms with E-state index in [4.69, 9.17) is 9.47 Å². The van der Waals surface area contributed by atoms with Crippen molar-refractivity contribution in [3.05, 3.63) is 34.2 Å². The van der Waals surface area contributed by atoms with E-state index in [-0.39, 0.29) is 5.91 Å². The van der Waals surface area contributed by atoms with Crippen molar-refractivity contribution in [2.75, 3.05) is 24.9 Å². The zero-order valence-electron chi connectivity index (χ0n) is 16.4. The van der Waals surface area contributed by atoms with Crippen molar-refractivity contribution in [2.24, 2.45) is 0 Å². The minimum absolute atomic E-state index is 0.189. The molecule has 1 aliphatic rings. The first-order chi connectivity index (χ1) is 13.6. The van der Waals surface area contributed by atoms with Gasteiger partial charge in [0.2, 0.25) is 5.91 Å². The third kappa shape index (κ3) is 4.23. The van der Waals surface area contributed by atoms with Gasteiger partial charge in [0, 0.05) is 10.9 Å². The molecule has 1 amide bonds. The van der Waals surface area contributed by atoms with Crippen LogP contribution in [0.1, 0.15) is 42.2 Å². The van der Waals surface area contributed by atoms with E-state index in [0.29, 0.717) is 27.8 Å². The molecule has 0 radical (unpaired) electrons. The number of hydrogen-bond acceptors (Lipinski definition) is 6. The Labute approximate surface area is 169 Å². The maximum Gasteiger partial charge on any atom is 0.247 e. The predicted molar refractivity (Wildman–Crippen MR) is 112 cm³/mol. The standard InChI is InChI=1S/C21H25N3O3S/c1-13(23-17-10-9-14(26-2)11-18(17)27-3)20(25)24-21-16(12-22)15-7-5-4-6-8-19(15)28-21/h9-11,13,23H,4-8H2,1-3H3,(H,24,25)/t13-/m0/s1. The molecular formula is C21H25N3O3S. The number of benzene rings is 1. The summed E-state index contributed by atoms with van der Waals surface area (Å²) >= 11 is 1.54. The number of thiophene rings is 1. The van der Waals surface area contributed by atoms with Crippen molar-refractivity contribution >= 4 is 27.9 Å². The molecular weight excluding hydrogens is 374 g/mol. The molecule has 2 aromatic rings. The number of rotatable bonds is 6. The van der Waals surface area contributed by atoms with Crippen LogP contribution in [0.3, 0.4) is 0 Å². The lowest BCUT2D eigenvalue weighted by Crippen LogP contribution is -2.32. The maximum absolute atomic E-state index is 12.7. The molecule has 28 heavy (non-hydrogen) atoms. The van der Waals surface area contributed by atoms with Crippen LogP contribution in [0.25, 0.3) is 0 Å². The number of anilines is 2. The highest BCUT2D eigenvalue weighted by Crippen LogP contribution is 2.37. The van der Waals surface area contributed by atoms with Crippen molar-refractivity contribution < 1.29 is 14.3 Å². The fourth-order valence-corrected chi connectivity index (χ4v) is 4.63. The Balaban J connectivity index is 1.74. The second-order valence-corrected chi connectivity index (χ2v) is 7.91. The number of fused-ring (bicyclic) bond motifs is 1. The van der Waals surface area contributed by atoms with Crippen molar-refractivity contribution in [3.8, 4) is 17.6 Å². The summed E-state index contributed by atoms with van der Waals surface area (Å²) in [5.41, 5.74) is 2.45. The summed E-state index contributed by atoms with van der Waals surface area (Å²) in [7, 11) is 3.16. The van der Waals surface area contributed by atoms with Crippen LogP contribution in [-0.2, 0) is 17.6 Å². The van der Waals surface area contributed by atoms with Gasteiger partial charge in [0.25, 0.3) is 0 Å². The molecule has 0 unspecified atom stereocenters. The number of methoxy groups -OCH3 is 2. The summed E-state index contributed by atoms with van der Waals surface area (Å²) in [6.07, 6.45) is 5.34. The first kappa shape index (κ1) is 20.0. The molecule has 1 aromatic heterocycles. The Kier molecular flexibility index (Phi) is 6.42. The summed E-state index contributed by atoms with van der Waals surface area (Å²) in [6, 6.07) is 7.17. The van der Waals surface area contributed by atoms with Crippen molar-refractivity contribution in [2.45, 2.75) is 45.1 Å². The van der Waals surface area contributed by atoms with Gasteiger partial charge in [0.1, 0.15) is 28.6 Å². The second-order valence-electron chi connectivity index (χ2n) is 6.80. The molecule has 0 bridgehead atoms. The molecule has 2 N–H and O–H groups in total. The first-order valence-corrected chi connectivity index (χ1v) is 10.2. The van der Waals surface area contributed by atoms with Gasteiger partial charge in [0.15, 0.2) is 0 Å². The molecule has 1 atom stereocenters. The van der Waals surface area contributed by atoms with E-state index in [1.165, 1.54) is 11.3 Å². The van der Waals surface area contributed by atoms with Crippen LogP contribution in [0.15, 0.2) is 18.2 Å². The normalized spacial score (nSPS) is 14.2. The number of nitriles is 1. The topological polar surface area (TPSA) is 83.4 Å². The third-order valence-corrected chi connectivity index (χ3v) is 6.15. The van der Waals surface area contributed by atoms with Gasteiger partial charge in [-0.25, -0.2) is 0 Å². The molecule has 3 rings (SSSR count). The second kappa shape index (κ2) is 8.98. The average molecular weight is 400 g/mol. The number of ether oxygens (including phenoxy) is 2. The molecule has 0 saturated carbocycles. The number of carbonyl (C=O) groups is 1. The summed E-state index contributed by atoms with van der Waals surface area (Å²) in [6.45, 7) is 1.78. The van der Waals surface area contributed by atoms with E-state index in [0.717, 1.165) is 31.2 Å². The van der Waals surface area contributed by atoms with Gasteiger partial charge in [-0.05, 0) is 50.3 Å². The maximum atomic E-state index is 12.7. The van der Waals surface area contributed by atoms with E-state index in [9.17, 15) is 10.1 Å². The summed E-state index contributed by atoms with van der Waals surface area (Å²) in [5.74, 6) is 1.09. The van der Waals surface area contributed by atoms with Gasteiger partial charge in [0.05, 0.1) is 25.5 Å². The van der Waals surface area contributed by atoms with E-state index >= 15 is 0 Å². The number of nitrogens with zero attached hydrogens (tertiary/aromatic N) is 1. The van der Waals surface area contributed by atoms with Gasteiger partial charge in [-0.1, -0.05) is 6.42 Å². The zero-order valence-corrected chi connectivity index (χ0v) is 17.2. The summed E-state index contributed by atoms with van der Waals surface area (Å²) in [4.78, 5) is 14.0. The summed E-state index contributed by atoms with van der Waals surface area (Å²) in [5, 5.41) is 16.4. The minimum Gasteiger partial charge on any atom is -0.497 e. The lowest BCUT2D eigenvalue weighted by atomic mass is 10.1. The molecule has 6 nitrogen and oxygen atoms in total. The fraction of sp³-hybridized carbons (Fsp3) is 0.429. The fourth-order valence-electron chi connectivity index (χ4n) is 3.39. The Morgan fingerprint density at radius 3 is 2.71 bits per heavy atom. The van der Waals surface area contributed by atoms with Gasteiger partial charge in [-0.2, -0.15) is 5.26 Å². The molecule has 0 fully saturated rings. The van der Waals surface area contributed by atoms with Crippen LogP contribution >= 0.6 is 11.3 Å². The first-order valence-electron chi connectivity index (χ1n) is 9.41. The van der Waals surface area contributed by atoms with Crippen LogP contribution in [0, 0.1) is 11.3 Å². The van der Waals surface area contributed by atoms with Crippen LogP contribution in [-0.4, -0.2) is 26.2 Å². The van der Waals surface area contributed by atoms with Crippen molar-refractivity contribution in [1.82, 2.24) is 0 Å². The van der Waals surface area contributed by atoms with Crippen molar-refractivity contribution in [3.63, 3.8) is 0 Å². The van der Waals surface area contributed by atoms with Gasteiger partial charge < -0.3 is 20.1 Å². The lowest BCUT2D eigenvalue weighted by Gasteiger charge is -2.17. The predicted octanol–water partition coefficient (Wildman–Crippen LogP) is 4.34. The smallest absolute Gasteiger partial charge is 0.247 e. The SMILES string of the molecule is COc1ccc(N[C@@H](C)C(=O)Nc2sc3c(c2C#N)CCCCC3)c(OC)c1. The van der Waals surface area contributed by atoms with E-state index < -0.39 is 6.04 Å². The number of carbonyl (C=O) groups excluding carboxylic acids is 1. The number of aryl methyl sites for hydroxylation is 1. The van der Waals surface area contributed by atoms with Gasteiger partial charge >= 0.3 is 0 Å². The highest BCUT2D eigenvalue weighted by Gasteiger charge is 2.23. The van der Waals surface area contributed by atoms with Gasteiger partial charge in [-0.15, -0.1) is 11.3 Å². The Bertz CT molecular complexity index is 901. The van der Waals surface area contributed by atoms with Crippen LogP contribution in [0.2, 0.25) is 0 Å². The summed E-state index contributed by atoms with van der Waals surface area (Å²) < 4.78 is 10.6. The van der Waals surface area contributed by atoms with Crippen molar-refractivity contribution in [1.29, 1.82) is 5.26 Å². The highest BCUT2D eigenvalue weighted by molar-refractivity contribution is 7.16. The third-order valence-electron chi connectivity index (χ3n) is 4.94.